The highest BCUT2D eigenvalue weighted by Gasteiger charge is 2.27. The Morgan fingerprint density at radius 2 is 1.50 bits per heavy atom. The van der Waals surface area contributed by atoms with Gasteiger partial charge in [-0.2, -0.15) is 4.31 Å². The first kappa shape index (κ1) is 29.5. The van der Waals surface area contributed by atoms with Gasteiger partial charge in [0.15, 0.2) is 0 Å². The summed E-state index contributed by atoms with van der Waals surface area (Å²) in [4.78, 5) is 18.0. The zero-order valence-corrected chi connectivity index (χ0v) is 24.3. The van der Waals surface area contributed by atoms with Gasteiger partial charge in [0.2, 0.25) is 10.0 Å². The Labute approximate surface area is 238 Å². The monoisotopic (exact) mass is 561 g/mol. The van der Waals surface area contributed by atoms with Gasteiger partial charge in [0, 0.05) is 44.8 Å². The molecule has 0 saturated carbocycles. The molecule has 1 heterocycles. The summed E-state index contributed by atoms with van der Waals surface area (Å²) >= 11 is 0. The Morgan fingerprint density at radius 1 is 0.850 bits per heavy atom. The SMILES string of the molecule is C=C1CN(C(=O)c2ccc(OC)cc2)CCCN(Cc2ccccc2)CCCN(S(=O)(=O)c2ccc(C)cc2)C1. The highest BCUT2D eigenvalue weighted by atomic mass is 32.2. The quantitative estimate of drug-likeness (QED) is 0.397. The topological polar surface area (TPSA) is 70.2 Å². The number of carbonyl (C=O) groups is 1. The third-order valence-corrected chi connectivity index (χ3v) is 8.99. The number of methoxy groups -OCH3 is 1. The van der Waals surface area contributed by atoms with E-state index in [1.807, 2.05) is 37.3 Å². The molecule has 1 fully saturated rings. The molecule has 0 bridgehead atoms. The summed E-state index contributed by atoms with van der Waals surface area (Å²) in [5.74, 6) is 0.576. The zero-order chi connectivity index (χ0) is 28.5. The Bertz CT molecular complexity index is 1370. The largest absolute Gasteiger partial charge is 0.497 e. The van der Waals surface area contributed by atoms with Crippen molar-refractivity contribution in [1.29, 1.82) is 0 Å². The molecule has 1 amide bonds. The molecule has 4 rings (SSSR count). The lowest BCUT2D eigenvalue weighted by atomic mass is 10.1. The van der Waals surface area contributed by atoms with Crippen LogP contribution in [0.1, 0.15) is 34.3 Å². The predicted octanol–water partition coefficient (Wildman–Crippen LogP) is 4.99. The summed E-state index contributed by atoms with van der Waals surface area (Å²) in [5.41, 5.74) is 3.45. The number of benzene rings is 3. The van der Waals surface area contributed by atoms with E-state index in [-0.39, 0.29) is 23.9 Å². The van der Waals surface area contributed by atoms with E-state index in [2.05, 4.69) is 23.6 Å². The molecule has 0 spiro atoms. The van der Waals surface area contributed by atoms with Crippen molar-refractivity contribution in [2.75, 3.05) is 46.4 Å². The van der Waals surface area contributed by atoms with Crippen LogP contribution in [0.25, 0.3) is 0 Å². The Hall–Kier alpha value is -3.46. The van der Waals surface area contributed by atoms with Crippen LogP contribution in [0.4, 0.5) is 0 Å². The molecule has 1 aliphatic heterocycles. The van der Waals surface area contributed by atoms with Gasteiger partial charge in [0.1, 0.15) is 5.75 Å². The minimum atomic E-state index is -3.74. The number of carbonyl (C=O) groups excluding carboxylic acids is 1. The van der Waals surface area contributed by atoms with Crippen LogP contribution < -0.4 is 4.74 Å². The lowest BCUT2D eigenvalue weighted by Crippen LogP contribution is -2.41. The Morgan fingerprint density at radius 3 is 2.15 bits per heavy atom. The second-order valence-corrected chi connectivity index (χ2v) is 12.3. The molecule has 0 atom stereocenters. The smallest absolute Gasteiger partial charge is 0.254 e. The van der Waals surface area contributed by atoms with E-state index in [4.69, 9.17) is 4.74 Å². The van der Waals surface area contributed by atoms with Crippen LogP contribution >= 0.6 is 0 Å². The van der Waals surface area contributed by atoms with Gasteiger partial charge in [-0.25, -0.2) is 8.42 Å². The maximum atomic E-state index is 13.7. The summed E-state index contributed by atoms with van der Waals surface area (Å²) in [6.07, 6.45) is 1.49. The van der Waals surface area contributed by atoms with Crippen LogP contribution in [0.3, 0.4) is 0 Å². The first-order valence-electron chi connectivity index (χ1n) is 13.7. The van der Waals surface area contributed by atoms with Gasteiger partial charge in [0.25, 0.3) is 5.91 Å². The van der Waals surface area contributed by atoms with Gasteiger partial charge in [-0.15, -0.1) is 0 Å². The highest BCUT2D eigenvalue weighted by molar-refractivity contribution is 7.89. The van der Waals surface area contributed by atoms with E-state index in [1.54, 1.807) is 48.4 Å². The van der Waals surface area contributed by atoms with Crippen molar-refractivity contribution in [2.45, 2.75) is 31.2 Å². The second-order valence-electron chi connectivity index (χ2n) is 10.3. The first-order chi connectivity index (χ1) is 19.3. The number of rotatable bonds is 6. The van der Waals surface area contributed by atoms with E-state index >= 15 is 0 Å². The Balaban J connectivity index is 1.59. The summed E-state index contributed by atoms with van der Waals surface area (Å²) in [6, 6.07) is 24.3. The highest BCUT2D eigenvalue weighted by Crippen LogP contribution is 2.20. The summed E-state index contributed by atoms with van der Waals surface area (Å²) in [6.45, 7) is 9.79. The minimum Gasteiger partial charge on any atom is -0.497 e. The predicted molar refractivity (Wildman–Crippen MR) is 159 cm³/mol. The molecule has 0 aromatic heterocycles. The van der Waals surface area contributed by atoms with E-state index in [0.29, 0.717) is 36.4 Å². The summed E-state index contributed by atoms with van der Waals surface area (Å²) in [7, 11) is -2.15. The minimum absolute atomic E-state index is 0.108. The molecule has 0 N–H and O–H groups in total. The van der Waals surface area contributed by atoms with Crippen molar-refractivity contribution in [3.63, 3.8) is 0 Å². The molecule has 0 radical (unpaired) electrons. The van der Waals surface area contributed by atoms with Crippen LogP contribution in [-0.2, 0) is 16.6 Å². The summed E-state index contributed by atoms with van der Waals surface area (Å²) in [5, 5.41) is 0. The molecule has 7 nitrogen and oxygen atoms in total. The number of sulfonamides is 1. The lowest BCUT2D eigenvalue weighted by Gasteiger charge is -2.31. The van der Waals surface area contributed by atoms with Crippen LogP contribution in [0, 0.1) is 6.92 Å². The van der Waals surface area contributed by atoms with Crippen molar-refractivity contribution in [2.24, 2.45) is 0 Å². The van der Waals surface area contributed by atoms with Gasteiger partial charge < -0.3 is 9.64 Å². The van der Waals surface area contributed by atoms with Gasteiger partial charge in [-0.05, 0) is 73.8 Å². The first-order valence-corrected chi connectivity index (χ1v) is 15.1. The van der Waals surface area contributed by atoms with Crippen molar-refractivity contribution in [1.82, 2.24) is 14.1 Å². The van der Waals surface area contributed by atoms with Gasteiger partial charge >= 0.3 is 0 Å². The summed E-state index contributed by atoms with van der Waals surface area (Å²) < 4.78 is 34.2. The molecule has 40 heavy (non-hydrogen) atoms. The lowest BCUT2D eigenvalue weighted by molar-refractivity contribution is 0.0758. The standard InChI is InChI=1S/C32H39N3O4S/c1-26-11-17-31(18-12-26)40(37,38)35-22-8-20-33(25-28-9-5-4-6-10-28)19-7-21-34(23-27(2)24-35)32(36)29-13-15-30(39-3)16-14-29/h4-6,9-18H,2,7-8,19-25H2,1,3H3. The second kappa shape index (κ2) is 13.7. The van der Waals surface area contributed by atoms with Crippen molar-refractivity contribution >= 4 is 15.9 Å². The van der Waals surface area contributed by atoms with Gasteiger partial charge in [0.05, 0.1) is 12.0 Å². The molecule has 1 saturated heterocycles. The van der Waals surface area contributed by atoms with E-state index in [1.165, 1.54) is 9.87 Å². The normalized spacial score (nSPS) is 16.6. The van der Waals surface area contributed by atoms with Crippen molar-refractivity contribution in [3.8, 4) is 5.75 Å². The molecule has 0 aliphatic carbocycles. The number of hydrogen-bond donors (Lipinski definition) is 0. The molecule has 0 unspecified atom stereocenters. The van der Waals surface area contributed by atoms with Crippen LogP contribution in [0.2, 0.25) is 0 Å². The van der Waals surface area contributed by atoms with Gasteiger partial charge in [-0.3, -0.25) is 9.69 Å². The average Bonchev–Trinajstić information content (AvgIpc) is 2.95. The van der Waals surface area contributed by atoms with E-state index in [9.17, 15) is 13.2 Å². The third kappa shape index (κ3) is 7.81. The zero-order valence-electron chi connectivity index (χ0n) is 23.5. The number of ether oxygens (including phenoxy) is 1. The fraction of sp³-hybridized carbons (Fsp3) is 0.344. The van der Waals surface area contributed by atoms with Crippen molar-refractivity contribution in [3.05, 3.63) is 108 Å². The Kier molecular flexibility index (Phi) is 10.1. The molecule has 1 aliphatic rings. The van der Waals surface area contributed by atoms with E-state index in [0.717, 1.165) is 31.6 Å². The molecule has 3 aromatic carbocycles. The van der Waals surface area contributed by atoms with Gasteiger partial charge in [-0.1, -0.05) is 54.6 Å². The average molecular weight is 562 g/mol. The maximum Gasteiger partial charge on any atom is 0.254 e. The number of nitrogens with zero attached hydrogens (tertiary/aromatic N) is 3. The maximum absolute atomic E-state index is 13.7. The third-order valence-electron chi connectivity index (χ3n) is 7.13. The fourth-order valence-electron chi connectivity index (χ4n) is 4.95. The van der Waals surface area contributed by atoms with Crippen molar-refractivity contribution < 1.29 is 17.9 Å². The van der Waals surface area contributed by atoms with Crippen LogP contribution in [0.5, 0.6) is 5.75 Å². The van der Waals surface area contributed by atoms with Crippen LogP contribution in [-0.4, -0.2) is 74.8 Å². The molecule has 8 heteroatoms. The molecular formula is C32H39N3O4S. The van der Waals surface area contributed by atoms with E-state index < -0.39 is 10.0 Å². The fourth-order valence-corrected chi connectivity index (χ4v) is 6.45. The number of aryl methyl sites for hydroxylation is 1. The number of amides is 1. The number of hydrogen-bond acceptors (Lipinski definition) is 5. The molecular weight excluding hydrogens is 522 g/mol. The van der Waals surface area contributed by atoms with Crippen LogP contribution in [0.15, 0.2) is 95.9 Å². The molecule has 212 valence electrons. The molecule has 3 aromatic rings.